The van der Waals surface area contributed by atoms with E-state index in [-0.39, 0.29) is 12.4 Å². The number of amides is 1. The van der Waals surface area contributed by atoms with E-state index >= 15 is 0 Å². The van der Waals surface area contributed by atoms with E-state index in [0.717, 1.165) is 30.9 Å². The minimum Gasteiger partial charge on any atom is -0.465 e. The first-order chi connectivity index (χ1) is 14.2. The van der Waals surface area contributed by atoms with Crippen LogP contribution in [0.2, 0.25) is 0 Å². The predicted octanol–water partition coefficient (Wildman–Crippen LogP) is 6.47. The average molecular weight is 435 g/mol. The molecule has 1 heterocycles. The summed E-state index contributed by atoms with van der Waals surface area (Å²) in [5.74, 6) is 1.54. The number of carboxylic acid groups (broad SMARTS) is 1. The molecule has 1 saturated carbocycles. The molecule has 2 aliphatic carbocycles. The number of likely N-dealkylation sites (tertiary alicyclic amines) is 1. The van der Waals surface area contributed by atoms with E-state index in [4.69, 9.17) is 0 Å². The number of halogens is 1. The zero-order valence-corrected chi connectivity index (χ0v) is 19.3. The van der Waals surface area contributed by atoms with Gasteiger partial charge >= 0.3 is 6.09 Å². The van der Waals surface area contributed by atoms with Crippen molar-refractivity contribution in [2.24, 2.45) is 5.92 Å². The molecule has 30 heavy (non-hydrogen) atoms. The second-order valence-electron chi connectivity index (χ2n) is 9.46. The SMILES string of the molecule is CCCCN(C(=O)O)c1cccc2c1CC[C@H]1[C@@H]2CCN1CCC1CCCCC1.Cl. The van der Waals surface area contributed by atoms with Crippen molar-refractivity contribution in [1.29, 1.82) is 0 Å². The molecular weight excluding hydrogens is 396 g/mol. The van der Waals surface area contributed by atoms with Gasteiger partial charge in [0.05, 0.1) is 5.69 Å². The first kappa shape index (κ1) is 23.4. The van der Waals surface area contributed by atoms with Crippen molar-refractivity contribution >= 4 is 24.2 Å². The Morgan fingerprint density at radius 2 is 1.97 bits per heavy atom. The van der Waals surface area contributed by atoms with Crippen LogP contribution >= 0.6 is 12.4 Å². The number of unbranched alkanes of at least 4 members (excludes halogenated alkanes) is 1. The van der Waals surface area contributed by atoms with Crippen LogP contribution in [0.4, 0.5) is 10.5 Å². The Kier molecular flexibility index (Phi) is 8.47. The summed E-state index contributed by atoms with van der Waals surface area (Å²) in [6, 6.07) is 7.05. The zero-order valence-electron chi connectivity index (χ0n) is 18.5. The summed E-state index contributed by atoms with van der Waals surface area (Å²) in [6.45, 7) is 5.19. The maximum absolute atomic E-state index is 11.9. The molecule has 0 bridgehead atoms. The summed E-state index contributed by atoms with van der Waals surface area (Å²) in [5.41, 5.74) is 3.69. The fourth-order valence-electron chi connectivity index (χ4n) is 6.16. The van der Waals surface area contributed by atoms with Crippen LogP contribution in [0.1, 0.15) is 88.2 Å². The molecule has 0 radical (unpaired) electrons. The van der Waals surface area contributed by atoms with Gasteiger partial charge in [-0.05, 0) is 68.3 Å². The Hall–Kier alpha value is -1.26. The van der Waals surface area contributed by atoms with E-state index in [1.807, 2.05) is 6.07 Å². The molecule has 0 spiro atoms. The molecular formula is C25H39ClN2O2. The van der Waals surface area contributed by atoms with Gasteiger partial charge in [-0.15, -0.1) is 12.4 Å². The minimum absolute atomic E-state index is 0. The zero-order chi connectivity index (χ0) is 20.2. The first-order valence-electron chi connectivity index (χ1n) is 12.0. The number of nitrogens with zero attached hydrogens (tertiary/aromatic N) is 2. The standard InChI is InChI=1S/C25H38N2O2.ClH/c1-2-3-16-27(25(28)29)24-11-7-10-20-21(24)12-13-23-22(20)15-18-26(23)17-14-19-8-5-4-6-9-19;/h7,10-11,19,22-23H,2-6,8-9,12-18H2,1H3,(H,28,29);1H/t22-,23+;/m1./s1. The highest BCUT2D eigenvalue weighted by molar-refractivity contribution is 5.87. The third-order valence-corrected chi connectivity index (χ3v) is 7.74. The number of hydrogen-bond donors (Lipinski definition) is 1. The van der Waals surface area contributed by atoms with Crippen molar-refractivity contribution in [1.82, 2.24) is 4.90 Å². The molecule has 168 valence electrons. The fraction of sp³-hybridized carbons (Fsp3) is 0.720. The minimum atomic E-state index is -0.811. The molecule has 5 heteroatoms. The van der Waals surface area contributed by atoms with Gasteiger partial charge < -0.3 is 5.11 Å². The number of rotatable bonds is 7. The largest absolute Gasteiger partial charge is 0.465 e. The molecule has 4 nitrogen and oxygen atoms in total. The second-order valence-corrected chi connectivity index (χ2v) is 9.46. The molecule has 1 aromatic carbocycles. The van der Waals surface area contributed by atoms with E-state index in [2.05, 4.69) is 24.0 Å². The van der Waals surface area contributed by atoms with Crippen LogP contribution in [0, 0.1) is 5.92 Å². The van der Waals surface area contributed by atoms with Gasteiger partial charge in [-0.3, -0.25) is 9.80 Å². The van der Waals surface area contributed by atoms with E-state index in [9.17, 15) is 9.90 Å². The van der Waals surface area contributed by atoms with Crippen molar-refractivity contribution in [3.05, 3.63) is 29.3 Å². The smallest absolute Gasteiger partial charge is 0.411 e. The van der Waals surface area contributed by atoms with Gasteiger partial charge in [-0.1, -0.05) is 57.6 Å². The lowest BCUT2D eigenvalue weighted by molar-refractivity contribution is 0.198. The Labute approximate surface area is 188 Å². The average Bonchev–Trinajstić information content (AvgIpc) is 3.16. The molecule has 0 aromatic heterocycles. The van der Waals surface area contributed by atoms with Gasteiger partial charge in [-0.2, -0.15) is 0 Å². The highest BCUT2D eigenvalue weighted by atomic mass is 35.5. The molecule has 1 aliphatic heterocycles. The summed E-state index contributed by atoms with van der Waals surface area (Å²) in [7, 11) is 0. The second kappa shape index (κ2) is 10.9. The van der Waals surface area contributed by atoms with E-state index in [0.29, 0.717) is 18.5 Å². The number of anilines is 1. The highest BCUT2D eigenvalue weighted by Crippen LogP contribution is 2.44. The van der Waals surface area contributed by atoms with E-state index < -0.39 is 6.09 Å². The molecule has 2 fully saturated rings. The molecule has 1 aromatic rings. The molecule has 1 amide bonds. The molecule has 0 unspecified atom stereocenters. The lowest BCUT2D eigenvalue weighted by Crippen LogP contribution is -2.37. The number of hydrogen-bond acceptors (Lipinski definition) is 2. The van der Waals surface area contributed by atoms with Crippen LogP contribution < -0.4 is 4.90 Å². The van der Waals surface area contributed by atoms with E-state index in [1.54, 1.807) is 4.90 Å². The summed E-state index contributed by atoms with van der Waals surface area (Å²) in [5, 5.41) is 9.80. The molecule has 4 rings (SSSR count). The van der Waals surface area contributed by atoms with Crippen LogP contribution in [0.15, 0.2) is 18.2 Å². The van der Waals surface area contributed by atoms with Crippen molar-refractivity contribution in [2.45, 2.75) is 89.5 Å². The number of fused-ring (bicyclic) bond motifs is 3. The maximum Gasteiger partial charge on any atom is 0.411 e. The van der Waals surface area contributed by atoms with E-state index in [1.165, 1.54) is 75.6 Å². The van der Waals surface area contributed by atoms with Crippen LogP contribution in [0.25, 0.3) is 0 Å². The molecule has 2 atom stereocenters. The van der Waals surface area contributed by atoms with Gasteiger partial charge in [0, 0.05) is 18.5 Å². The molecule has 1 saturated heterocycles. The van der Waals surface area contributed by atoms with Gasteiger partial charge in [0.1, 0.15) is 0 Å². The third-order valence-electron chi connectivity index (χ3n) is 7.74. The van der Waals surface area contributed by atoms with Crippen LogP contribution in [-0.2, 0) is 6.42 Å². The van der Waals surface area contributed by atoms with Gasteiger partial charge in [0.15, 0.2) is 0 Å². The van der Waals surface area contributed by atoms with Gasteiger partial charge in [-0.25, -0.2) is 4.79 Å². The monoisotopic (exact) mass is 434 g/mol. The van der Waals surface area contributed by atoms with Crippen molar-refractivity contribution in [2.75, 3.05) is 24.5 Å². The Bertz CT molecular complexity index is 704. The summed E-state index contributed by atoms with van der Waals surface area (Å²) in [6.07, 6.45) is 13.1. The maximum atomic E-state index is 11.9. The Morgan fingerprint density at radius 1 is 1.17 bits per heavy atom. The van der Waals surface area contributed by atoms with Crippen molar-refractivity contribution < 1.29 is 9.90 Å². The number of benzene rings is 1. The third kappa shape index (κ3) is 4.96. The Balaban J connectivity index is 0.00000256. The number of carbonyl (C=O) groups is 1. The quantitative estimate of drug-likeness (QED) is 0.534. The summed E-state index contributed by atoms with van der Waals surface area (Å²) < 4.78 is 0. The highest BCUT2D eigenvalue weighted by Gasteiger charge is 2.39. The van der Waals surface area contributed by atoms with Crippen LogP contribution in [0.3, 0.4) is 0 Å². The molecule has 1 N–H and O–H groups in total. The lowest BCUT2D eigenvalue weighted by atomic mass is 9.78. The molecule has 3 aliphatic rings. The Morgan fingerprint density at radius 3 is 2.70 bits per heavy atom. The summed E-state index contributed by atoms with van der Waals surface area (Å²) in [4.78, 5) is 16.3. The lowest BCUT2D eigenvalue weighted by Gasteiger charge is -2.36. The van der Waals surface area contributed by atoms with Gasteiger partial charge in [0.25, 0.3) is 0 Å². The van der Waals surface area contributed by atoms with Crippen molar-refractivity contribution in [3.63, 3.8) is 0 Å². The fourth-order valence-corrected chi connectivity index (χ4v) is 6.16. The van der Waals surface area contributed by atoms with Gasteiger partial charge in [0.2, 0.25) is 0 Å². The van der Waals surface area contributed by atoms with Crippen molar-refractivity contribution in [3.8, 4) is 0 Å². The predicted molar refractivity (Wildman–Crippen MR) is 126 cm³/mol. The first-order valence-corrected chi connectivity index (χ1v) is 12.0. The van der Waals surface area contributed by atoms with Crippen LogP contribution in [0.5, 0.6) is 0 Å². The normalized spacial score (nSPS) is 24.0. The summed E-state index contributed by atoms with van der Waals surface area (Å²) >= 11 is 0. The topological polar surface area (TPSA) is 43.8 Å². The van der Waals surface area contributed by atoms with Crippen LogP contribution in [-0.4, -0.2) is 41.8 Å².